The quantitative estimate of drug-likeness (QED) is 0.857. The molecular formula is C16H23N3O2. The molecule has 1 aliphatic carbocycles. The van der Waals surface area contributed by atoms with Gasteiger partial charge in [-0.3, -0.25) is 4.79 Å². The second-order valence-corrected chi connectivity index (χ2v) is 6.10. The number of nitrogens with zero attached hydrogens (tertiary/aromatic N) is 2. The Morgan fingerprint density at radius 2 is 1.76 bits per heavy atom. The number of anilines is 1. The molecule has 21 heavy (non-hydrogen) atoms. The lowest BCUT2D eigenvalue weighted by molar-refractivity contribution is -0.135. The number of aromatic hydroxyl groups is 1. The molecule has 3 N–H and O–H groups in total. The number of nitrogens with two attached hydrogens (primary N) is 1. The van der Waals surface area contributed by atoms with E-state index in [1.54, 1.807) is 12.1 Å². The molecule has 0 unspecified atom stereocenters. The Bertz CT molecular complexity index is 495. The van der Waals surface area contributed by atoms with Crippen LogP contribution in [0.4, 0.5) is 5.69 Å². The van der Waals surface area contributed by atoms with Crippen LogP contribution in [-0.2, 0) is 4.79 Å². The molecule has 5 heteroatoms. The summed E-state index contributed by atoms with van der Waals surface area (Å²) in [7, 11) is 0. The number of hydrogen-bond acceptors (Lipinski definition) is 4. The van der Waals surface area contributed by atoms with Gasteiger partial charge in [0.15, 0.2) is 0 Å². The lowest BCUT2D eigenvalue weighted by atomic mass is 10.1. The summed E-state index contributed by atoms with van der Waals surface area (Å²) in [5.74, 6) is 0.707. The van der Waals surface area contributed by atoms with Crippen molar-refractivity contribution >= 4 is 11.6 Å². The van der Waals surface area contributed by atoms with Crippen molar-refractivity contribution in [3.05, 3.63) is 24.3 Å². The number of benzene rings is 1. The lowest BCUT2D eigenvalue weighted by Crippen LogP contribution is -2.50. The zero-order valence-corrected chi connectivity index (χ0v) is 12.2. The monoisotopic (exact) mass is 289 g/mol. The average Bonchev–Trinajstić information content (AvgIpc) is 2.94. The van der Waals surface area contributed by atoms with Crippen molar-refractivity contribution in [1.82, 2.24) is 4.90 Å². The van der Waals surface area contributed by atoms with E-state index in [-0.39, 0.29) is 23.6 Å². The van der Waals surface area contributed by atoms with Crippen molar-refractivity contribution in [2.24, 2.45) is 11.7 Å². The van der Waals surface area contributed by atoms with Gasteiger partial charge in [-0.1, -0.05) is 0 Å². The Hall–Kier alpha value is -1.75. The molecule has 2 fully saturated rings. The molecule has 1 aromatic rings. The SMILES string of the molecule is N[C@H]1CC[C@@H](C(=O)N2CCN(c3ccc(O)cc3)CC2)C1. The topological polar surface area (TPSA) is 69.8 Å². The molecule has 1 saturated carbocycles. The Kier molecular flexibility index (Phi) is 4.01. The van der Waals surface area contributed by atoms with Gasteiger partial charge in [-0.2, -0.15) is 0 Å². The van der Waals surface area contributed by atoms with Crippen LogP contribution in [0.15, 0.2) is 24.3 Å². The first kappa shape index (κ1) is 14.2. The maximum Gasteiger partial charge on any atom is 0.225 e. The van der Waals surface area contributed by atoms with Crippen molar-refractivity contribution in [2.45, 2.75) is 25.3 Å². The molecule has 1 aliphatic heterocycles. The molecule has 1 heterocycles. The maximum absolute atomic E-state index is 12.5. The van der Waals surface area contributed by atoms with Crippen molar-refractivity contribution in [3.63, 3.8) is 0 Å². The summed E-state index contributed by atoms with van der Waals surface area (Å²) in [6.07, 6.45) is 2.76. The first-order chi connectivity index (χ1) is 10.1. The van der Waals surface area contributed by atoms with Crippen LogP contribution < -0.4 is 10.6 Å². The molecular weight excluding hydrogens is 266 g/mol. The van der Waals surface area contributed by atoms with Gasteiger partial charge in [-0.05, 0) is 43.5 Å². The molecule has 0 bridgehead atoms. The number of phenolic OH excluding ortho intramolecular Hbond substituents is 1. The molecule has 1 saturated heterocycles. The van der Waals surface area contributed by atoms with Crippen molar-refractivity contribution in [3.8, 4) is 5.75 Å². The van der Waals surface area contributed by atoms with Gasteiger partial charge in [0, 0.05) is 43.8 Å². The zero-order chi connectivity index (χ0) is 14.8. The molecule has 114 valence electrons. The third kappa shape index (κ3) is 3.13. The van der Waals surface area contributed by atoms with Crippen LogP contribution in [0.5, 0.6) is 5.75 Å². The highest BCUT2D eigenvalue weighted by molar-refractivity contribution is 5.79. The highest BCUT2D eigenvalue weighted by Gasteiger charge is 2.32. The van der Waals surface area contributed by atoms with Crippen LogP contribution >= 0.6 is 0 Å². The number of hydrogen-bond donors (Lipinski definition) is 2. The molecule has 0 aromatic heterocycles. The number of piperazine rings is 1. The van der Waals surface area contributed by atoms with Gasteiger partial charge in [-0.25, -0.2) is 0 Å². The Labute approximate surface area is 125 Å². The smallest absolute Gasteiger partial charge is 0.225 e. The van der Waals surface area contributed by atoms with Gasteiger partial charge < -0.3 is 20.6 Å². The van der Waals surface area contributed by atoms with Crippen molar-refractivity contribution in [2.75, 3.05) is 31.1 Å². The maximum atomic E-state index is 12.5. The van der Waals surface area contributed by atoms with E-state index in [4.69, 9.17) is 5.73 Å². The molecule has 0 radical (unpaired) electrons. The lowest BCUT2D eigenvalue weighted by Gasteiger charge is -2.37. The fourth-order valence-corrected chi connectivity index (χ4v) is 3.35. The Balaban J connectivity index is 1.55. The van der Waals surface area contributed by atoms with Crippen LogP contribution in [0.25, 0.3) is 0 Å². The van der Waals surface area contributed by atoms with Gasteiger partial charge in [0.2, 0.25) is 5.91 Å². The Morgan fingerprint density at radius 3 is 2.33 bits per heavy atom. The third-order valence-corrected chi connectivity index (χ3v) is 4.63. The van der Waals surface area contributed by atoms with Gasteiger partial charge in [0.1, 0.15) is 5.75 Å². The summed E-state index contributed by atoms with van der Waals surface area (Å²) in [6.45, 7) is 3.22. The summed E-state index contributed by atoms with van der Waals surface area (Å²) >= 11 is 0. The largest absolute Gasteiger partial charge is 0.508 e. The summed E-state index contributed by atoms with van der Waals surface area (Å²) in [6, 6.07) is 7.45. The second kappa shape index (κ2) is 5.93. The van der Waals surface area contributed by atoms with E-state index < -0.39 is 0 Å². The highest BCUT2D eigenvalue weighted by Crippen LogP contribution is 2.27. The van der Waals surface area contributed by atoms with E-state index in [2.05, 4.69) is 4.90 Å². The van der Waals surface area contributed by atoms with E-state index in [1.165, 1.54) is 0 Å². The van der Waals surface area contributed by atoms with Gasteiger partial charge in [0.25, 0.3) is 0 Å². The molecule has 1 amide bonds. The minimum absolute atomic E-state index is 0.139. The molecule has 0 spiro atoms. The van der Waals surface area contributed by atoms with Crippen LogP contribution in [0.1, 0.15) is 19.3 Å². The predicted octanol–water partition coefficient (Wildman–Crippen LogP) is 1.17. The first-order valence-corrected chi connectivity index (χ1v) is 7.72. The number of rotatable bonds is 2. The summed E-state index contributed by atoms with van der Waals surface area (Å²) in [5.41, 5.74) is 7.00. The first-order valence-electron chi connectivity index (χ1n) is 7.72. The highest BCUT2D eigenvalue weighted by atomic mass is 16.3. The number of amides is 1. The van der Waals surface area contributed by atoms with E-state index >= 15 is 0 Å². The third-order valence-electron chi connectivity index (χ3n) is 4.63. The molecule has 5 nitrogen and oxygen atoms in total. The van der Waals surface area contributed by atoms with Crippen molar-refractivity contribution in [1.29, 1.82) is 0 Å². The second-order valence-electron chi connectivity index (χ2n) is 6.10. The standard InChI is InChI=1S/C16H23N3O2/c17-13-2-1-12(11-13)16(21)19-9-7-18(8-10-19)14-3-5-15(20)6-4-14/h3-6,12-13,20H,1-2,7-11,17H2/t12-,13+/m1/s1. The average molecular weight is 289 g/mol. The van der Waals surface area contributed by atoms with Crippen LogP contribution in [0.3, 0.4) is 0 Å². The predicted molar refractivity (Wildman–Crippen MR) is 82.2 cm³/mol. The van der Waals surface area contributed by atoms with Crippen molar-refractivity contribution < 1.29 is 9.90 Å². The minimum atomic E-state index is 0.139. The van der Waals surface area contributed by atoms with Gasteiger partial charge in [-0.15, -0.1) is 0 Å². The minimum Gasteiger partial charge on any atom is -0.508 e. The fraction of sp³-hybridized carbons (Fsp3) is 0.562. The van der Waals surface area contributed by atoms with Crippen LogP contribution in [-0.4, -0.2) is 48.1 Å². The van der Waals surface area contributed by atoms with Gasteiger partial charge in [0.05, 0.1) is 0 Å². The number of carbonyl (C=O) groups excluding carboxylic acids is 1. The van der Waals surface area contributed by atoms with Gasteiger partial charge >= 0.3 is 0 Å². The van der Waals surface area contributed by atoms with E-state index in [0.29, 0.717) is 0 Å². The summed E-state index contributed by atoms with van der Waals surface area (Å²) in [4.78, 5) is 16.7. The zero-order valence-electron chi connectivity index (χ0n) is 12.2. The Morgan fingerprint density at radius 1 is 1.10 bits per heavy atom. The summed E-state index contributed by atoms with van der Waals surface area (Å²) < 4.78 is 0. The number of phenols is 1. The molecule has 3 rings (SSSR count). The molecule has 1 aromatic carbocycles. The molecule has 2 aliphatic rings. The van der Waals surface area contributed by atoms with E-state index in [9.17, 15) is 9.90 Å². The number of carbonyl (C=O) groups is 1. The molecule has 2 atom stereocenters. The van der Waals surface area contributed by atoms with Crippen LogP contribution in [0.2, 0.25) is 0 Å². The van der Waals surface area contributed by atoms with Crippen LogP contribution in [0, 0.1) is 5.92 Å². The normalized spacial score (nSPS) is 26.1. The van der Waals surface area contributed by atoms with E-state index in [1.807, 2.05) is 17.0 Å². The van der Waals surface area contributed by atoms with E-state index in [0.717, 1.165) is 51.1 Å². The summed E-state index contributed by atoms with van der Waals surface area (Å²) in [5, 5.41) is 9.33. The fourth-order valence-electron chi connectivity index (χ4n) is 3.35.